The molecular weight excluding hydrogens is 220 g/mol. The van der Waals surface area contributed by atoms with E-state index in [0.717, 1.165) is 5.56 Å². The maximum Gasteiger partial charge on any atom is 0.215 e. The highest BCUT2D eigenvalue weighted by Gasteiger charge is 2.05. The summed E-state index contributed by atoms with van der Waals surface area (Å²) >= 11 is 10.6. The molecule has 0 fully saturated rings. The molecule has 0 saturated carbocycles. The number of aromatic hydroxyl groups is 1. The topological polar surface area (TPSA) is 51.8 Å². The number of H-pyrrole nitrogens is 2. The minimum Gasteiger partial charge on any atom is -0.493 e. The number of benzene rings is 1. The second kappa shape index (κ2) is 3.48. The Hall–Kier alpha value is -1.26. The predicted octanol–water partition coefficient (Wildman–Crippen LogP) is 3.10. The molecule has 0 aliphatic rings. The van der Waals surface area contributed by atoms with Crippen LogP contribution in [0.1, 0.15) is 0 Å². The Balaban J connectivity index is 2.54. The summed E-state index contributed by atoms with van der Waals surface area (Å²) in [5.74, 6) is 0.0392. The molecule has 0 amide bonds. The van der Waals surface area contributed by atoms with E-state index >= 15 is 0 Å². The van der Waals surface area contributed by atoms with Crippen LogP contribution < -0.4 is 0 Å². The first-order chi connectivity index (χ1) is 6.66. The zero-order valence-corrected chi connectivity index (χ0v) is 8.62. The van der Waals surface area contributed by atoms with Crippen LogP contribution in [0.2, 0.25) is 5.02 Å². The number of nitrogens with one attached hydrogen (secondary N) is 2. The van der Waals surface area contributed by atoms with Gasteiger partial charge in [-0.1, -0.05) is 23.7 Å². The summed E-state index contributed by atoms with van der Waals surface area (Å²) in [5.41, 5.74) is 1.41. The second-order valence-electron chi connectivity index (χ2n) is 2.81. The molecule has 0 spiro atoms. The highest BCUT2D eigenvalue weighted by atomic mass is 35.5. The molecule has 14 heavy (non-hydrogen) atoms. The van der Waals surface area contributed by atoms with E-state index in [1.807, 2.05) is 0 Å². The fourth-order valence-electron chi connectivity index (χ4n) is 1.20. The first-order valence-corrected chi connectivity index (χ1v) is 4.72. The van der Waals surface area contributed by atoms with Crippen molar-refractivity contribution in [3.63, 3.8) is 0 Å². The van der Waals surface area contributed by atoms with Crippen molar-refractivity contribution in [3.05, 3.63) is 34.1 Å². The first kappa shape index (κ1) is 9.30. The molecule has 0 radical (unpaired) electrons. The Morgan fingerprint density at radius 1 is 1.14 bits per heavy atom. The van der Waals surface area contributed by atoms with E-state index in [1.54, 1.807) is 24.3 Å². The van der Waals surface area contributed by atoms with Gasteiger partial charge in [-0.3, -0.25) is 0 Å². The molecule has 1 aromatic carbocycles. The van der Waals surface area contributed by atoms with Gasteiger partial charge in [0.05, 0.1) is 0 Å². The highest BCUT2D eigenvalue weighted by molar-refractivity contribution is 7.71. The largest absolute Gasteiger partial charge is 0.493 e. The van der Waals surface area contributed by atoms with Crippen molar-refractivity contribution < 1.29 is 5.11 Å². The van der Waals surface area contributed by atoms with Gasteiger partial charge in [0.15, 0.2) is 4.77 Å². The van der Waals surface area contributed by atoms with Crippen LogP contribution in [-0.4, -0.2) is 15.1 Å². The number of rotatable bonds is 1. The summed E-state index contributed by atoms with van der Waals surface area (Å²) in [6.45, 7) is 0. The van der Waals surface area contributed by atoms with Gasteiger partial charge in [0.2, 0.25) is 5.88 Å². The monoisotopic (exact) mass is 226 g/mol. The van der Waals surface area contributed by atoms with Gasteiger partial charge in [0, 0.05) is 10.6 Å². The van der Waals surface area contributed by atoms with Crippen LogP contribution in [0.4, 0.5) is 0 Å². The maximum absolute atomic E-state index is 9.47. The van der Waals surface area contributed by atoms with E-state index in [0.29, 0.717) is 15.5 Å². The lowest BCUT2D eigenvalue weighted by Crippen LogP contribution is -1.77. The Morgan fingerprint density at radius 2 is 1.79 bits per heavy atom. The molecule has 3 N–H and O–H groups in total. The molecule has 1 heterocycles. The van der Waals surface area contributed by atoms with Gasteiger partial charge in [0.1, 0.15) is 5.69 Å². The van der Waals surface area contributed by atoms with E-state index in [1.165, 1.54) is 0 Å². The second-order valence-corrected chi connectivity index (χ2v) is 3.65. The summed E-state index contributed by atoms with van der Waals surface area (Å²) in [6.07, 6.45) is 0. The van der Waals surface area contributed by atoms with Gasteiger partial charge >= 0.3 is 0 Å². The van der Waals surface area contributed by atoms with Crippen LogP contribution in [0.3, 0.4) is 0 Å². The van der Waals surface area contributed by atoms with Gasteiger partial charge in [-0.15, -0.1) is 0 Å². The van der Waals surface area contributed by atoms with E-state index in [-0.39, 0.29) is 5.88 Å². The molecule has 2 rings (SSSR count). The number of halogens is 1. The summed E-state index contributed by atoms with van der Waals surface area (Å²) in [7, 11) is 0. The number of aromatic nitrogens is 2. The highest BCUT2D eigenvalue weighted by Crippen LogP contribution is 2.26. The molecule has 1 aromatic heterocycles. The van der Waals surface area contributed by atoms with Crippen molar-refractivity contribution >= 4 is 23.8 Å². The van der Waals surface area contributed by atoms with E-state index < -0.39 is 0 Å². The molecule has 72 valence electrons. The van der Waals surface area contributed by atoms with E-state index in [4.69, 9.17) is 23.8 Å². The van der Waals surface area contributed by atoms with Crippen LogP contribution in [-0.2, 0) is 0 Å². The van der Waals surface area contributed by atoms with Gasteiger partial charge in [0.25, 0.3) is 0 Å². The third-order valence-corrected chi connectivity index (χ3v) is 2.30. The molecule has 0 unspecified atom stereocenters. The van der Waals surface area contributed by atoms with Crippen LogP contribution >= 0.6 is 23.8 Å². The summed E-state index contributed by atoms with van der Waals surface area (Å²) in [6, 6.07) is 7.10. The van der Waals surface area contributed by atoms with Crippen LogP contribution in [0.15, 0.2) is 24.3 Å². The van der Waals surface area contributed by atoms with Crippen molar-refractivity contribution in [2.75, 3.05) is 0 Å². The number of imidazole rings is 1. The molecule has 2 aromatic rings. The normalized spacial score (nSPS) is 10.4. The van der Waals surface area contributed by atoms with Gasteiger partial charge in [-0.25, -0.2) is 0 Å². The summed E-state index contributed by atoms with van der Waals surface area (Å²) in [5, 5.41) is 10.1. The van der Waals surface area contributed by atoms with Gasteiger partial charge < -0.3 is 15.1 Å². The van der Waals surface area contributed by atoms with Crippen molar-refractivity contribution in [1.82, 2.24) is 9.97 Å². The predicted molar refractivity (Wildman–Crippen MR) is 58.1 cm³/mol. The molecule has 3 nitrogen and oxygen atoms in total. The minimum absolute atomic E-state index is 0.0392. The first-order valence-electron chi connectivity index (χ1n) is 3.94. The number of aromatic amines is 2. The zero-order chi connectivity index (χ0) is 10.1. The fourth-order valence-corrected chi connectivity index (χ4v) is 1.52. The third-order valence-electron chi connectivity index (χ3n) is 1.84. The standard InChI is InChI=1S/C9H7ClN2OS/c10-6-3-1-5(2-4-6)7-8(13)12-9(14)11-7/h1-4,13H,(H2,11,12,14). The van der Waals surface area contributed by atoms with Crippen LogP contribution in [0, 0.1) is 4.77 Å². The van der Waals surface area contributed by atoms with E-state index in [9.17, 15) is 5.11 Å². The summed E-state index contributed by atoms with van der Waals surface area (Å²) in [4.78, 5) is 5.45. The lowest BCUT2D eigenvalue weighted by atomic mass is 10.2. The molecule has 0 bridgehead atoms. The van der Waals surface area contributed by atoms with Gasteiger partial charge in [-0.2, -0.15) is 0 Å². The Bertz CT molecular complexity index is 500. The maximum atomic E-state index is 9.47. The number of hydrogen-bond donors (Lipinski definition) is 3. The lowest BCUT2D eigenvalue weighted by molar-refractivity contribution is 0.458. The Morgan fingerprint density at radius 3 is 2.29 bits per heavy atom. The minimum atomic E-state index is 0.0392. The molecule has 0 aliphatic carbocycles. The zero-order valence-electron chi connectivity index (χ0n) is 7.04. The Labute approximate surface area is 90.4 Å². The quantitative estimate of drug-likeness (QED) is 0.655. The molecule has 0 aliphatic heterocycles. The van der Waals surface area contributed by atoms with E-state index in [2.05, 4.69) is 9.97 Å². The average molecular weight is 227 g/mol. The fraction of sp³-hybridized carbons (Fsp3) is 0. The lowest BCUT2D eigenvalue weighted by Gasteiger charge is -1.97. The molecular formula is C9H7ClN2OS. The SMILES string of the molecule is Oc1[nH]c(=S)[nH]c1-c1ccc(Cl)cc1. The van der Waals surface area contributed by atoms with Crippen molar-refractivity contribution in [1.29, 1.82) is 0 Å². The van der Waals surface area contributed by atoms with Gasteiger partial charge in [-0.05, 0) is 24.4 Å². The smallest absolute Gasteiger partial charge is 0.215 e. The molecule has 5 heteroatoms. The van der Waals surface area contributed by atoms with Crippen LogP contribution in [0.5, 0.6) is 5.88 Å². The van der Waals surface area contributed by atoms with Crippen LogP contribution in [0.25, 0.3) is 11.3 Å². The number of hydrogen-bond acceptors (Lipinski definition) is 2. The molecule has 0 saturated heterocycles. The average Bonchev–Trinajstić information content (AvgIpc) is 2.47. The molecule has 0 atom stereocenters. The van der Waals surface area contributed by atoms with Crippen molar-refractivity contribution in [2.24, 2.45) is 0 Å². The third kappa shape index (κ3) is 1.66. The van der Waals surface area contributed by atoms with Crippen molar-refractivity contribution in [2.45, 2.75) is 0 Å². The summed E-state index contributed by atoms with van der Waals surface area (Å²) < 4.78 is 0.396. The van der Waals surface area contributed by atoms with Crippen molar-refractivity contribution in [3.8, 4) is 17.1 Å². The Kier molecular flexibility index (Phi) is 2.31.